The fourth-order valence-electron chi connectivity index (χ4n) is 3.12. The Labute approximate surface area is 150 Å². The summed E-state index contributed by atoms with van der Waals surface area (Å²) in [7, 11) is 1.61. The van der Waals surface area contributed by atoms with Crippen LogP contribution >= 0.6 is 0 Å². The van der Waals surface area contributed by atoms with Crippen LogP contribution in [-0.2, 0) is 4.79 Å². The van der Waals surface area contributed by atoms with Crippen molar-refractivity contribution in [2.45, 2.75) is 44.9 Å². The summed E-state index contributed by atoms with van der Waals surface area (Å²) in [5.41, 5.74) is 0.723. The number of carbonyl (C=O) groups excluding carboxylic acids is 2. The molecule has 1 heterocycles. The monoisotopic (exact) mass is 346 g/mol. The number of likely N-dealkylation sites (tertiary alicyclic amines) is 1. The molecule has 0 unspecified atom stereocenters. The third kappa shape index (κ3) is 7.26. The smallest absolute Gasteiger partial charge is 0.220 e. The second-order valence-corrected chi connectivity index (χ2v) is 6.61. The molecule has 1 fully saturated rings. The first kappa shape index (κ1) is 19.4. The van der Waals surface area contributed by atoms with Crippen LogP contribution in [0.15, 0.2) is 24.3 Å². The number of hydrogen-bond donors (Lipinski definition) is 1. The number of methoxy groups -OCH3 is 1. The van der Waals surface area contributed by atoms with E-state index in [1.807, 2.05) is 0 Å². The number of amides is 1. The van der Waals surface area contributed by atoms with Gasteiger partial charge in [-0.15, -0.1) is 0 Å². The average Bonchev–Trinajstić information content (AvgIpc) is 3.15. The molecular formula is C20H30N2O3. The standard InChI is InChI=1S/C20H30N2O3/c1-25-18-11-9-17(10-12-18)19(23)7-3-2-4-8-20(24)21-13-16-22-14-5-6-15-22/h9-12H,2-8,13-16H2,1H3,(H,21,24). The molecule has 0 aromatic heterocycles. The van der Waals surface area contributed by atoms with E-state index in [9.17, 15) is 9.59 Å². The summed E-state index contributed by atoms with van der Waals surface area (Å²) in [6, 6.07) is 7.21. The van der Waals surface area contributed by atoms with Crippen molar-refractivity contribution in [2.75, 3.05) is 33.3 Å². The number of Topliss-reactive ketones (excluding diaryl/α,β-unsaturated/α-hetero) is 1. The molecule has 1 aliphatic heterocycles. The van der Waals surface area contributed by atoms with E-state index in [2.05, 4.69) is 10.2 Å². The molecule has 1 N–H and O–H groups in total. The maximum absolute atomic E-state index is 12.1. The Morgan fingerprint density at radius 2 is 1.72 bits per heavy atom. The van der Waals surface area contributed by atoms with E-state index < -0.39 is 0 Å². The lowest BCUT2D eigenvalue weighted by atomic mass is 10.0. The van der Waals surface area contributed by atoms with E-state index in [1.54, 1.807) is 31.4 Å². The van der Waals surface area contributed by atoms with Gasteiger partial charge >= 0.3 is 0 Å². The molecule has 0 atom stereocenters. The summed E-state index contributed by atoms with van der Waals surface area (Å²) < 4.78 is 5.09. The lowest BCUT2D eigenvalue weighted by Crippen LogP contribution is -2.33. The van der Waals surface area contributed by atoms with Gasteiger partial charge in [-0.05, 0) is 63.0 Å². The first-order valence-electron chi connectivity index (χ1n) is 9.35. The topological polar surface area (TPSA) is 58.6 Å². The van der Waals surface area contributed by atoms with Crippen molar-refractivity contribution in [2.24, 2.45) is 0 Å². The normalized spacial score (nSPS) is 14.4. The van der Waals surface area contributed by atoms with Crippen LogP contribution in [0.5, 0.6) is 5.75 Å². The molecule has 0 bridgehead atoms. The molecule has 5 nitrogen and oxygen atoms in total. The molecule has 25 heavy (non-hydrogen) atoms. The van der Waals surface area contributed by atoms with Gasteiger partial charge in [0.1, 0.15) is 5.75 Å². The summed E-state index contributed by atoms with van der Waals surface area (Å²) in [4.78, 5) is 26.3. The molecule has 1 saturated heterocycles. The van der Waals surface area contributed by atoms with Crippen molar-refractivity contribution in [3.05, 3.63) is 29.8 Å². The third-order valence-electron chi connectivity index (χ3n) is 4.67. The number of rotatable bonds is 11. The minimum absolute atomic E-state index is 0.126. The number of nitrogens with one attached hydrogen (secondary N) is 1. The van der Waals surface area contributed by atoms with Crippen LogP contribution in [0.4, 0.5) is 0 Å². The predicted molar refractivity (Wildman–Crippen MR) is 99.1 cm³/mol. The molecule has 0 spiro atoms. The molecule has 0 radical (unpaired) electrons. The molecule has 1 amide bonds. The third-order valence-corrected chi connectivity index (χ3v) is 4.67. The predicted octanol–water partition coefficient (Wildman–Crippen LogP) is 3.04. The highest BCUT2D eigenvalue weighted by Crippen LogP contribution is 2.14. The molecule has 1 aromatic carbocycles. The van der Waals surface area contributed by atoms with Crippen LogP contribution in [0.25, 0.3) is 0 Å². The Morgan fingerprint density at radius 3 is 2.40 bits per heavy atom. The maximum atomic E-state index is 12.1. The summed E-state index contributed by atoms with van der Waals surface area (Å²) in [5, 5.41) is 2.99. The van der Waals surface area contributed by atoms with E-state index in [0.717, 1.165) is 56.8 Å². The number of hydrogen-bond acceptors (Lipinski definition) is 4. The van der Waals surface area contributed by atoms with Crippen molar-refractivity contribution >= 4 is 11.7 Å². The quantitative estimate of drug-likeness (QED) is 0.494. The Morgan fingerprint density at radius 1 is 1.04 bits per heavy atom. The molecule has 138 valence electrons. The van der Waals surface area contributed by atoms with E-state index in [0.29, 0.717) is 12.8 Å². The van der Waals surface area contributed by atoms with Crippen molar-refractivity contribution in [1.29, 1.82) is 0 Å². The summed E-state index contributed by atoms with van der Waals surface area (Å²) in [5.74, 6) is 1.03. The molecule has 2 rings (SSSR count). The molecular weight excluding hydrogens is 316 g/mol. The zero-order chi connectivity index (χ0) is 17.9. The first-order valence-corrected chi connectivity index (χ1v) is 9.35. The van der Waals surface area contributed by atoms with Gasteiger partial charge in [0.05, 0.1) is 7.11 Å². The van der Waals surface area contributed by atoms with Crippen molar-refractivity contribution in [1.82, 2.24) is 10.2 Å². The van der Waals surface area contributed by atoms with E-state index >= 15 is 0 Å². The van der Waals surface area contributed by atoms with Gasteiger partial charge in [0.2, 0.25) is 5.91 Å². The Bertz CT molecular complexity index is 536. The van der Waals surface area contributed by atoms with Gasteiger partial charge in [-0.1, -0.05) is 6.42 Å². The molecule has 0 aliphatic carbocycles. The van der Waals surface area contributed by atoms with E-state index in [4.69, 9.17) is 4.74 Å². The zero-order valence-electron chi connectivity index (χ0n) is 15.3. The highest BCUT2D eigenvalue weighted by Gasteiger charge is 2.11. The van der Waals surface area contributed by atoms with Crippen LogP contribution in [0.1, 0.15) is 55.3 Å². The second-order valence-electron chi connectivity index (χ2n) is 6.61. The highest BCUT2D eigenvalue weighted by molar-refractivity contribution is 5.96. The van der Waals surface area contributed by atoms with Gasteiger partial charge in [-0.3, -0.25) is 9.59 Å². The van der Waals surface area contributed by atoms with Crippen LogP contribution in [0.3, 0.4) is 0 Å². The number of benzene rings is 1. The van der Waals surface area contributed by atoms with Crippen molar-refractivity contribution < 1.29 is 14.3 Å². The average molecular weight is 346 g/mol. The number of nitrogens with zero attached hydrogens (tertiary/aromatic N) is 1. The Kier molecular flexibility index (Phi) is 8.46. The molecule has 1 aliphatic rings. The van der Waals surface area contributed by atoms with Gasteiger partial charge in [-0.2, -0.15) is 0 Å². The number of ketones is 1. The van der Waals surface area contributed by atoms with Gasteiger partial charge in [0, 0.05) is 31.5 Å². The first-order chi connectivity index (χ1) is 12.2. The minimum Gasteiger partial charge on any atom is -0.497 e. The number of unbranched alkanes of at least 4 members (excludes halogenated alkanes) is 2. The summed E-state index contributed by atoms with van der Waals surface area (Å²) in [6.07, 6.45) is 6.21. The maximum Gasteiger partial charge on any atom is 0.220 e. The van der Waals surface area contributed by atoms with Crippen LogP contribution in [0.2, 0.25) is 0 Å². The summed E-state index contributed by atoms with van der Waals surface area (Å²) in [6.45, 7) is 4.03. The van der Waals surface area contributed by atoms with E-state index in [-0.39, 0.29) is 11.7 Å². The van der Waals surface area contributed by atoms with Gasteiger partial charge in [-0.25, -0.2) is 0 Å². The number of ether oxygens (including phenoxy) is 1. The van der Waals surface area contributed by atoms with E-state index in [1.165, 1.54) is 12.8 Å². The van der Waals surface area contributed by atoms with Crippen LogP contribution < -0.4 is 10.1 Å². The highest BCUT2D eigenvalue weighted by atomic mass is 16.5. The Balaban J connectivity index is 1.50. The Hall–Kier alpha value is -1.88. The summed E-state index contributed by atoms with van der Waals surface area (Å²) >= 11 is 0. The van der Waals surface area contributed by atoms with Gasteiger partial charge < -0.3 is 15.0 Å². The molecule has 5 heteroatoms. The molecule has 0 saturated carbocycles. The van der Waals surface area contributed by atoms with Crippen LogP contribution in [-0.4, -0.2) is 49.9 Å². The number of carbonyl (C=O) groups is 2. The minimum atomic E-state index is 0.126. The lowest BCUT2D eigenvalue weighted by Gasteiger charge is -2.14. The van der Waals surface area contributed by atoms with Crippen molar-refractivity contribution in [3.63, 3.8) is 0 Å². The van der Waals surface area contributed by atoms with Crippen LogP contribution in [0, 0.1) is 0 Å². The van der Waals surface area contributed by atoms with Gasteiger partial charge in [0.15, 0.2) is 5.78 Å². The van der Waals surface area contributed by atoms with Crippen molar-refractivity contribution in [3.8, 4) is 5.75 Å². The second kappa shape index (κ2) is 10.9. The largest absolute Gasteiger partial charge is 0.497 e. The fourth-order valence-corrected chi connectivity index (χ4v) is 3.12. The lowest BCUT2D eigenvalue weighted by molar-refractivity contribution is -0.121. The SMILES string of the molecule is COc1ccc(C(=O)CCCCCC(=O)NCCN2CCCC2)cc1. The molecule has 1 aromatic rings. The van der Waals surface area contributed by atoms with Gasteiger partial charge in [0.25, 0.3) is 0 Å². The zero-order valence-corrected chi connectivity index (χ0v) is 15.3. The fraction of sp³-hybridized carbons (Fsp3) is 0.600.